The molecule has 2 rings (SSSR count). The van der Waals surface area contributed by atoms with E-state index in [0.717, 1.165) is 4.31 Å². The largest absolute Gasteiger partial charge is 0.351 e. The van der Waals surface area contributed by atoms with Crippen molar-refractivity contribution in [1.82, 2.24) is 9.62 Å². The molecular formula is C18H20FN3O4S. The van der Waals surface area contributed by atoms with Crippen molar-refractivity contribution in [2.24, 2.45) is 0 Å². The summed E-state index contributed by atoms with van der Waals surface area (Å²) in [4.78, 5) is 23.0. The van der Waals surface area contributed by atoms with Gasteiger partial charge in [-0.3, -0.25) is 9.59 Å². The molecule has 2 N–H and O–H groups in total. The van der Waals surface area contributed by atoms with Gasteiger partial charge in [0.25, 0.3) is 0 Å². The van der Waals surface area contributed by atoms with Crippen LogP contribution in [0.2, 0.25) is 0 Å². The second-order valence-corrected chi connectivity index (χ2v) is 7.88. The fraction of sp³-hybridized carbons (Fsp3) is 0.222. The first-order valence-corrected chi connectivity index (χ1v) is 9.48. The molecule has 0 unspecified atom stereocenters. The Morgan fingerprint density at radius 3 is 2.30 bits per heavy atom. The Morgan fingerprint density at radius 1 is 1.07 bits per heavy atom. The first kappa shape index (κ1) is 20.5. The maximum atomic E-state index is 13.5. The molecule has 0 aromatic heterocycles. The van der Waals surface area contributed by atoms with E-state index in [2.05, 4.69) is 10.6 Å². The minimum atomic E-state index is -3.88. The molecule has 7 nitrogen and oxygen atoms in total. The molecule has 0 bridgehead atoms. The van der Waals surface area contributed by atoms with Gasteiger partial charge in [-0.2, -0.15) is 4.31 Å². The number of nitrogens with one attached hydrogen (secondary N) is 2. The van der Waals surface area contributed by atoms with Crippen LogP contribution in [-0.4, -0.2) is 38.1 Å². The summed E-state index contributed by atoms with van der Waals surface area (Å²) in [7, 11) is -2.61. The van der Waals surface area contributed by atoms with Gasteiger partial charge >= 0.3 is 0 Å². The lowest BCUT2D eigenvalue weighted by molar-refractivity contribution is -0.121. The number of likely N-dealkylation sites (N-methyl/N-ethyl adjacent to an activating group) is 1. The highest BCUT2D eigenvalue weighted by atomic mass is 32.2. The number of anilines is 1. The van der Waals surface area contributed by atoms with Crippen LogP contribution in [0.5, 0.6) is 0 Å². The molecule has 0 radical (unpaired) electrons. The monoisotopic (exact) mass is 393 g/mol. The Balaban J connectivity index is 1.98. The molecule has 9 heteroatoms. The Bertz CT molecular complexity index is 930. The van der Waals surface area contributed by atoms with E-state index in [9.17, 15) is 22.4 Å². The van der Waals surface area contributed by atoms with E-state index in [4.69, 9.17) is 0 Å². The number of amides is 2. The summed E-state index contributed by atoms with van der Waals surface area (Å²) in [6.45, 7) is 0.896. The Kier molecular flexibility index (Phi) is 6.65. The summed E-state index contributed by atoms with van der Waals surface area (Å²) in [5.41, 5.74) is 0.775. The molecule has 0 heterocycles. The number of carbonyl (C=O) groups excluding carboxylic acids is 2. The Hall–Kier alpha value is -2.78. The molecule has 2 aromatic rings. The topological polar surface area (TPSA) is 95.6 Å². The summed E-state index contributed by atoms with van der Waals surface area (Å²) >= 11 is 0. The van der Waals surface area contributed by atoms with E-state index in [1.165, 1.54) is 56.4 Å². The highest BCUT2D eigenvalue weighted by Gasteiger charge is 2.23. The Morgan fingerprint density at radius 2 is 1.70 bits per heavy atom. The Labute approximate surface area is 157 Å². The summed E-state index contributed by atoms with van der Waals surface area (Å²) < 4.78 is 39.5. The van der Waals surface area contributed by atoms with Crippen LogP contribution in [-0.2, 0) is 26.2 Å². The predicted molar refractivity (Wildman–Crippen MR) is 98.8 cm³/mol. The molecule has 2 aromatic carbocycles. The van der Waals surface area contributed by atoms with Gasteiger partial charge in [0.1, 0.15) is 5.82 Å². The van der Waals surface area contributed by atoms with Gasteiger partial charge in [-0.25, -0.2) is 12.8 Å². The highest BCUT2D eigenvalue weighted by Crippen LogP contribution is 2.17. The molecule has 0 saturated carbocycles. The number of sulfonamides is 1. The molecule has 0 fully saturated rings. The zero-order valence-corrected chi connectivity index (χ0v) is 15.7. The standard InChI is InChI=1S/C18H20FN3O4S/c1-13(23)21-15-7-9-16(10-8-15)27(25,26)22(2)12-18(24)20-11-14-5-3-4-6-17(14)19/h3-10H,11-12H2,1-2H3,(H,20,24)(H,21,23). The molecule has 0 saturated heterocycles. The van der Waals surface area contributed by atoms with E-state index < -0.39 is 28.3 Å². The van der Waals surface area contributed by atoms with E-state index >= 15 is 0 Å². The van der Waals surface area contributed by atoms with Gasteiger partial charge in [0.2, 0.25) is 21.8 Å². The molecule has 2 amide bonds. The fourth-order valence-electron chi connectivity index (χ4n) is 2.27. The SMILES string of the molecule is CC(=O)Nc1ccc(S(=O)(=O)N(C)CC(=O)NCc2ccccc2F)cc1. The van der Waals surface area contributed by atoms with Crippen LogP contribution in [0, 0.1) is 5.82 Å². The number of rotatable bonds is 7. The molecule has 0 atom stereocenters. The quantitative estimate of drug-likeness (QED) is 0.749. The average Bonchev–Trinajstić information content (AvgIpc) is 2.61. The van der Waals surface area contributed by atoms with Crippen LogP contribution in [0.15, 0.2) is 53.4 Å². The summed E-state index contributed by atoms with van der Waals surface area (Å²) in [6.07, 6.45) is 0. The highest BCUT2D eigenvalue weighted by molar-refractivity contribution is 7.89. The van der Waals surface area contributed by atoms with Crippen LogP contribution in [0.3, 0.4) is 0 Å². The summed E-state index contributed by atoms with van der Waals surface area (Å²) in [5, 5.41) is 5.03. The minimum absolute atomic E-state index is 0.0130. The first-order chi connectivity index (χ1) is 12.7. The number of halogens is 1. The maximum Gasteiger partial charge on any atom is 0.243 e. The van der Waals surface area contributed by atoms with Crippen LogP contribution in [0.1, 0.15) is 12.5 Å². The van der Waals surface area contributed by atoms with Gasteiger partial charge < -0.3 is 10.6 Å². The zero-order chi connectivity index (χ0) is 20.0. The fourth-order valence-corrected chi connectivity index (χ4v) is 3.40. The van der Waals surface area contributed by atoms with Gasteiger partial charge in [-0.15, -0.1) is 0 Å². The van der Waals surface area contributed by atoms with E-state index in [1.54, 1.807) is 6.07 Å². The lowest BCUT2D eigenvalue weighted by atomic mass is 10.2. The number of hydrogen-bond acceptors (Lipinski definition) is 4. The summed E-state index contributed by atoms with van der Waals surface area (Å²) in [5.74, 6) is -1.27. The van der Waals surface area contributed by atoms with Gasteiger partial charge in [0.15, 0.2) is 0 Å². The lowest BCUT2D eigenvalue weighted by Gasteiger charge is -2.17. The van der Waals surface area contributed by atoms with Crippen molar-refractivity contribution in [2.75, 3.05) is 18.9 Å². The van der Waals surface area contributed by atoms with Gasteiger partial charge in [-0.05, 0) is 30.3 Å². The van der Waals surface area contributed by atoms with Crippen molar-refractivity contribution < 1.29 is 22.4 Å². The maximum absolute atomic E-state index is 13.5. The van der Waals surface area contributed by atoms with Gasteiger partial charge in [0.05, 0.1) is 11.4 Å². The van der Waals surface area contributed by atoms with Crippen molar-refractivity contribution >= 4 is 27.5 Å². The predicted octanol–water partition coefficient (Wildman–Crippen LogP) is 1.72. The van der Waals surface area contributed by atoms with Crippen LogP contribution in [0.25, 0.3) is 0 Å². The molecule has 27 heavy (non-hydrogen) atoms. The number of nitrogens with zero attached hydrogens (tertiary/aromatic N) is 1. The van der Waals surface area contributed by atoms with E-state index in [0.29, 0.717) is 11.3 Å². The molecule has 144 valence electrons. The normalized spacial score (nSPS) is 11.3. The van der Waals surface area contributed by atoms with Gasteiger partial charge in [-0.1, -0.05) is 18.2 Å². The zero-order valence-electron chi connectivity index (χ0n) is 14.9. The molecule has 0 aliphatic rings. The van der Waals surface area contributed by atoms with Crippen molar-refractivity contribution in [3.8, 4) is 0 Å². The van der Waals surface area contributed by atoms with Crippen molar-refractivity contribution in [3.63, 3.8) is 0 Å². The third kappa shape index (κ3) is 5.60. The molecular weight excluding hydrogens is 373 g/mol. The van der Waals surface area contributed by atoms with Crippen molar-refractivity contribution in [1.29, 1.82) is 0 Å². The van der Waals surface area contributed by atoms with Crippen LogP contribution < -0.4 is 10.6 Å². The second kappa shape index (κ2) is 8.74. The number of benzene rings is 2. The smallest absolute Gasteiger partial charge is 0.243 e. The summed E-state index contributed by atoms with van der Waals surface area (Å²) in [6, 6.07) is 11.6. The second-order valence-electron chi connectivity index (χ2n) is 5.83. The van der Waals surface area contributed by atoms with Crippen molar-refractivity contribution in [2.45, 2.75) is 18.4 Å². The van der Waals surface area contributed by atoms with Crippen LogP contribution >= 0.6 is 0 Å². The number of hydrogen-bond donors (Lipinski definition) is 2. The van der Waals surface area contributed by atoms with Gasteiger partial charge in [0, 0.05) is 31.8 Å². The van der Waals surface area contributed by atoms with Crippen LogP contribution in [0.4, 0.5) is 10.1 Å². The average molecular weight is 393 g/mol. The molecule has 0 spiro atoms. The minimum Gasteiger partial charge on any atom is -0.351 e. The molecule has 0 aliphatic heterocycles. The van der Waals surface area contributed by atoms with E-state index in [-0.39, 0.29) is 17.3 Å². The van der Waals surface area contributed by atoms with E-state index in [1.807, 2.05) is 0 Å². The first-order valence-electron chi connectivity index (χ1n) is 8.04. The third-order valence-electron chi connectivity index (χ3n) is 3.68. The lowest BCUT2D eigenvalue weighted by Crippen LogP contribution is -2.38. The molecule has 0 aliphatic carbocycles. The van der Waals surface area contributed by atoms with Crippen molar-refractivity contribution in [3.05, 3.63) is 59.9 Å². The third-order valence-corrected chi connectivity index (χ3v) is 5.50. The number of carbonyl (C=O) groups is 2.